The summed E-state index contributed by atoms with van der Waals surface area (Å²) in [6.07, 6.45) is 1.35. The van der Waals surface area contributed by atoms with Crippen LogP contribution >= 0.6 is 0 Å². The Morgan fingerprint density at radius 2 is 2.18 bits per heavy atom. The minimum Gasteiger partial charge on any atom is -0.469 e. The van der Waals surface area contributed by atoms with Crippen LogP contribution in [0.5, 0.6) is 0 Å². The van der Waals surface area contributed by atoms with Crippen molar-refractivity contribution in [2.75, 3.05) is 11.1 Å². The monoisotopic (exact) mass is 234 g/mol. The molecule has 2 rings (SSSR count). The lowest BCUT2D eigenvalue weighted by Crippen LogP contribution is -2.11. The maximum Gasteiger partial charge on any atom is 0.258 e. The lowest BCUT2D eigenvalue weighted by molar-refractivity contribution is 0.102. The second-order valence-electron chi connectivity index (χ2n) is 3.64. The molecule has 4 nitrogen and oxygen atoms in total. The normalized spacial score (nSPS) is 10.2. The van der Waals surface area contributed by atoms with E-state index in [2.05, 4.69) is 5.32 Å². The number of furan rings is 1. The van der Waals surface area contributed by atoms with Crippen LogP contribution in [0, 0.1) is 12.7 Å². The number of nitrogens with one attached hydrogen (secondary N) is 1. The van der Waals surface area contributed by atoms with E-state index in [4.69, 9.17) is 10.2 Å². The van der Waals surface area contributed by atoms with E-state index in [9.17, 15) is 9.18 Å². The van der Waals surface area contributed by atoms with Gasteiger partial charge in [0.15, 0.2) is 0 Å². The zero-order valence-electron chi connectivity index (χ0n) is 9.16. The molecule has 0 spiro atoms. The Balaban J connectivity index is 2.15. The van der Waals surface area contributed by atoms with Crippen molar-refractivity contribution in [2.45, 2.75) is 6.92 Å². The number of carbonyl (C=O) groups excluding carboxylic acids is 1. The minimum atomic E-state index is -0.564. The van der Waals surface area contributed by atoms with E-state index >= 15 is 0 Å². The van der Waals surface area contributed by atoms with Gasteiger partial charge in [-0.3, -0.25) is 4.79 Å². The molecule has 0 aliphatic carbocycles. The topological polar surface area (TPSA) is 68.3 Å². The van der Waals surface area contributed by atoms with Gasteiger partial charge < -0.3 is 15.5 Å². The third-order valence-electron chi connectivity index (χ3n) is 2.25. The van der Waals surface area contributed by atoms with Crippen molar-refractivity contribution in [1.29, 1.82) is 0 Å². The van der Waals surface area contributed by atoms with Crippen molar-refractivity contribution < 1.29 is 13.6 Å². The first-order valence-electron chi connectivity index (χ1n) is 4.98. The molecule has 0 atom stereocenters. The highest BCUT2D eigenvalue weighted by molar-refractivity contribution is 6.04. The number of hydrogen-bond acceptors (Lipinski definition) is 3. The smallest absolute Gasteiger partial charge is 0.258 e. The minimum absolute atomic E-state index is 0.0437. The number of rotatable bonds is 2. The molecule has 3 N–H and O–H groups in total. The average Bonchev–Trinajstić information content (AvgIpc) is 2.70. The van der Waals surface area contributed by atoms with Gasteiger partial charge in [-0.1, -0.05) is 0 Å². The highest BCUT2D eigenvalue weighted by atomic mass is 19.1. The van der Waals surface area contributed by atoms with E-state index in [1.165, 1.54) is 24.5 Å². The highest BCUT2D eigenvalue weighted by Gasteiger charge is 2.09. The van der Waals surface area contributed by atoms with Crippen molar-refractivity contribution in [2.24, 2.45) is 0 Å². The zero-order valence-corrected chi connectivity index (χ0v) is 9.16. The maximum atomic E-state index is 13.1. The van der Waals surface area contributed by atoms with Crippen molar-refractivity contribution >= 4 is 17.3 Å². The second kappa shape index (κ2) is 4.29. The van der Waals surface area contributed by atoms with Crippen molar-refractivity contribution in [3.8, 4) is 0 Å². The Kier molecular flexibility index (Phi) is 2.82. The molecule has 1 aromatic carbocycles. The summed E-state index contributed by atoms with van der Waals surface area (Å²) >= 11 is 0. The molecule has 0 unspecified atom stereocenters. The maximum absolute atomic E-state index is 13.1. The number of anilines is 2. The standard InChI is InChI=1S/C12H11FN2O2/c1-7-4-8(6-17-7)12(16)15-9-2-3-11(14)10(13)5-9/h2-6H,14H2,1H3,(H,15,16). The molecule has 0 fully saturated rings. The molecule has 0 aliphatic rings. The number of aryl methyl sites for hydroxylation is 1. The predicted molar refractivity (Wildman–Crippen MR) is 62.2 cm³/mol. The van der Waals surface area contributed by atoms with Crippen LogP contribution in [-0.4, -0.2) is 5.91 Å². The van der Waals surface area contributed by atoms with Gasteiger partial charge in [0, 0.05) is 5.69 Å². The van der Waals surface area contributed by atoms with Crippen LogP contribution in [0.1, 0.15) is 16.1 Å². The van der Waals surface area contributed by atoms with Crippen LogP contribution in [-0.2, 0) is 0 Å². The molecule has 0 bridgehead atoms. The quantitative estimate of drug-likeness (QED) is 0.784. The summed E-state index contributed by atoms with van der Waals surface area (Å²) in [4.78, 5) is 11.7. The number of nitrogen functional groups attached to an aromatic ring is 1. The van der Waals surface area contributed by atoms with Gasteiger partial charge in [0.25, 0.3) is 5.91 Å². The van der Waals surface area contributed by atoms with E-state index < -0.39 is 5.82 Å². The summed E-state index contributed by atoms with van der Waals surface area (Å²) in [6, 6.07) is 5.69. The van der Waals surface area contributed by atoms with Gasteiger partial charge in [0.2, 0.25) is 0 Å². The number of amides is 1. The number of hydrogen-bond donors (Lipinski definition) is 2. The molecular formula is C12H11FN2O2. The van der Waals surface area contributed by atoms with E-state index in [1.807, 2.05) is 0 Å². The Morgan fingerprint density at radius 3 is 2.76 bits per heavy atom. The van der Waals surface area contributed by atoms with Gasteiger partial charge in [0.1, 0.15) is 17.8 Å². The lowest BCUT2D eigenvalue weighted by atomic mass is 10.2. The molecule has 17 heavy (non-hydrogen) atoms. The summed E-state index contributed by atoms with van der Waals surface area (Å²) in [6.45, 7) is 1.74. The number of benzene rings is 1. The third kappa shape index (κ3) is 2.44. The molecular weight excluding hydrogens is 223 g/mol. The number of halogens is 1. The summed E-state index contributed by atoms with van der Waals surface area (Å²) in [5, 5.41) is 2.55. The van der Waals surface area contributed by atoms with Gasteiger partial charge in [-0.2, -0.15) is 0 Å². The molecule has 1 heterocycles. The molecule has 5 heteroatoms. The summed E-state index contributed by atoms with van der Waals surface area (Å²) < 4.78 is 18.2. The van der Waals surface area contributed by atoms with Gasteiger partial charge in [-0.15, -0.1) is 0 Å². The molecule has 0 saturated heterocycles. The first-order valence-corrected chi connectivity index (χ1v) is 4.98. The van der Waals surface area contributed by atoms with Crippen molar-refractivity contribution in [3.05, 3.63) is 47.7 Å². The van der Waals surface area contributed by atoms with Gasteiger partial charge in [0.05, 0.1) is 11.3 Å². The molecule has 0 saturated carbocycles. The average molecular weight is 234 g/mol. The number of nitrogens with two attached hydrogens (primary N) is 1. The summed E-state index contributed by atoms with van der Waals surface area (Å²) in [7, 11) is 0. The first kappa shape index (κ1) is 11.2. The van der Waals surface area contributed by atoms with Crippen LogP contribution < -0.4 is 11.1 Å². The summed E-state index contributed by atoms with van der Waals surface area (Å²) in [5.41, 5.74) is 6.11. The zero-order chi connectivity index (χ0) is 12.4. The van der Waals surface area contributed by atoms with Gasteiger partial charge in [-0.05, 0) is 31.2 Å². The molecule has 1 amide bonds. The van der Waals surface area contributed by atoms with E-state index in [0.717, 1.165) is 0 Å². The van der Waals surface area contributed by atoms with Gasteiger partial charge in [-0.25, -0.2) is 4.39 Å². The third-order valence-corrected chi connectivity index (χ3v) is 2.25. The van der Waals surface area contributed by atoms with Crippen LogP contribution in [0.4, 0.5) is 15.8 Å². The fourth-order valence-corrected chi connectivity index (χ4v) is 1.37. The number of carbonyl (C=O) groups is 1. The Hall–Kier alpha value is -2.30. The van der Waals surface area contributed by atoms with Crippen LogP contribution in [0.3, 0.4) is 0 Å². The van der Waals surface area contributed by atoms with Crippen LogP contribution in [0.25, 0.3) is 0 Å². The second-order valence-corrected chi connectivity index (χ2v) is 3.64. The molecule has 1 aromatic heterocycles. The van der Waals surface area contributed by atoms with Crippen molar-refractivity contribution in [3.63, 3.8) is 0 Å². The van der Waals surface area contributed by atoms with E-state index in [-0.39, 0.29) is 11.6 Å². The van der Waals surface area contributed by atoms with Crippen LogP contribution in [0.2, 0.25) is 0 Å². The summed E-state index contributed by atoms with van der Waals surface area (Å²) in [5.74, 6) is -0.282. The highest BCUT2D eigenvalue weighted by Crippen LogP contribution is 2.17. The van der Waals surface area contributed by atoms with E-state index in [1.54, 1.807) is 13.0 Å². The molecule has 88 valence electrons. The molecule has 2 aromatic rings. The Morgan fingerprint density at radius 1 is 1.41 bits per heavy atom. The van der Waals surface area contributed by atoms with Crippen molar-refractivity contribution in [1.82, 2.24) is 0 Å². The SMILES string of the molecule is Cc1cc(C(=O)Nc2ccc(N)c(F)c2)co1. The Labute approximate surface area is 97.2 Å². The first-order chi connectivity index (χ1) is 8.06. The Bertz CT molecular complexity index is 563. The predicted octanol–water partition coefficient (Wildman–Crippen LogP) is 2.56. The lowest BCUT2D eigenvalue weighted by Gasteiger charge is -2.04. The molecule has 0 aliphatic heterocycles. The fourth-order valence-electron chi connectivity index (χ4n) is 1.37. The fraction of sp³-hybridized carbons (Fsp3) is 0.0833. The largest absolute Gasteiger partial charge is 0.469 e. The van der Waals surface area contributed by atoms with Crippen LogP contribution in [0.15, 0.2) is 34.9 Å². The van der Waals surface area contributed by atoms with Gasteiger partial charge >= 0.3 is 0 Å². The molecule has 0 radical (unpaired) electrons. The van der Waals surface area contributed by atoms with E-state index in [0.29, 0.717) is 17.0 Å².